The Morgan fingerprint density at radius 1 is 0.952 bits per heavy atom. The van der Waals surface area contributed by atoms with Gasteiger partial charge >= 0.3 is 6.03 Å². The Morgan fingerprint density at radius 3 is 2.29 bits per heavy atom. The van der Waals surface area contributed by atoms with Gasteiger partial charge in [-0.2, -0.15) is 0 Å². The quantitative estimate of drug-likeness (QED) is 0.185. The lowest BCUT2D eigenvalue weighted by atomic mass is 9.73. The monoisotopic (exact) mass is 593 g/mol. The highest BCUT2D eigenvalue weighted by atomic mass is 35.5. The maximum absolute atomic E-state index is 13.1. The third-order valence-corrected chi connectivity index (χ3v) is 8.11. The number of halogens is 1. The van der Waals surface area contributed by atoms with Crippen molar-refractivity contribution in [2.75, 3.05) is 17.2 Å². The van der Waals surface area contributed by atoms with Gasteiger partial charge in [0.25, 0.3) is 5.91 Å². The minimum absolute atomic E-state index is 0.217. The Balaban J connectivity index is 1.44. The number of rotatable bonds is 8. The molecule has 2 heterocycles. The van der Waals surface area contributed by atoms with Crippen molar-refractivity contribution >= 4 is 40.6 Å². The van der Waals surface area contributed by atoms with Crippen LogP contribution in [-0.4, -0.2) is 43.9 Å². The summed E-state index contributed by atoms with van der Waals surface area (Å²) in [5, 5.41) is 21.4. The molecule has 0 saturated carbocycles. The Bertz CT molecular complexity index is 1630. The summed E-state index contributed by atoms with van der Waals surface area (Å²) in [6.07, 6.45) is 0. The molecule has 4 aromatic rings. The van der Waals surface area contributed by atoms with E-state index in [0.29, 0.717) is 33.6 Å². The van der Waals surface area contributed by atoms with Gasteiger partial charge in [0.1, 0.15) is 10.8 Å². The average molecular weight is 594 g/mol. The van der Waals surface area contributed by atoms with Crippen molar-refractivity contribution in [3.05, 3.63) is 70.1 Å². The second-order valence-corrected chi connectivity index (χ2v) is 13.1. The van der Waals surface area contributed by atoms with Crippen LogP contribution >= 0.6 is 11.6 Å². The number of ether oxygens (including phenoxy) is 1. The summed E-state index contributed by atoms with van der Waals surface area (Å²) < 4.78 is 7.64. The number of hydrogen-bond acceptors (Lipinski definition) is 5. The third kappa shape index (κ3) is 6.23. The Hall–Kier alpha value is -4.05. The Labute approximate surface area is 251 Å². The van der Waals surface area contributed by atoms with E-state index in [1.807, 2.05) is 59.7 Å². The number of benzene rings is 2. The predicted molar refractivity (Wildman–Crippen MR) is 167 cm³/mol. The molecule has 0 spiro atoms. The number of para-hydroxylation sites is 2. The molecule has 0 aliphatic heterocycles. The summed E-state index contributed by atoms with van der Waals surface area (Å²) in [6.45, 7) is 17.7. The van der Waals surface area contributed by atoms with Crippen molar-refractivity contribution in [3.8, 4) is 5.75 Å². The Morgan fingerprint density at radius 2 is 1.62 bits per heavy atom. The van der Waals surface area contributed by atoms with E-state index in [4.69, 9.17) is 16.3 Å². The molecule has 0 radical (unpaired) electrons. The molecular weight excluding hydrogens is 554 g/mol. The van der Waals surface area contributed by atoms with Gasteiger partial charge in [0.2, 0.25) is 0 Å². The van der Waals surface area contributed by atoms with E-state index in [-0.39, 0.29) is 17.9 Å². The summed E-state index contributed by atoms with van der Waals surface area (Å²) in [4.78, 5) is 25.8. The number of amides is 3. The van der Waals surface area contributed by atoms with E-state index in [0.717, 1.165) is 16.8 Å². The lowest BCUT2D eigenvalue weighted by Crippen LogP contribution is -2.57. The summed E-state index contributed by atoms with van der Waals surface area (Å²) in [6, 6.07) is 12.3. The number of nitrogens with zero attached hydrogens (tertiary/aromatic N) is 3. The number of anilines is 2. The number of carbonyl (C=O) groups excluding carboxylic acids is 2. The van der Waals surface area contributed by atoms with E-state index in [1.165, 1.54) is 0 Å². The van der Waals surface area contributed by atoms with E-state index in [9.17, 15) is 9.59 Å². The molecule has 4 rings (SSSR count). The van der Waals surface area contributed by atoms with Crippen LogP contribution in [0.4, 0.5) is 16.2 Å². The van der Waals surface area contributed by atoms with Gasteiger partial charge in [-0.15, -0.1) is 10.2 Å². The van der Waals surface area contributed by atoms with E-state index in [1.54, 1.807) is 28.8 Å². The van der Waals surface area contributed by atoms with Gasteiger partial charge in [-0.1, -0.05) is 76.0 Å². The van der Waals surface area contributed by atoms with Gasteiger partial charge < -0.3 is 20.7 Å². The molecule has 0 bridgehead atoms. The topological polar surface area (TPSA) is 125 Å². The normalized spacial score (nSPS) is 12.3. The maximum atomic E-state index is 13.1. The van der Waals surface area contributed by atoms with E-state index < -0.39 is 17.0 Å². The van der Waals surface area contributed by atoms with Crippen LogP contribution in [0.5, 0.6) is 5.75 Å². The van der Waals surface area contributed by atoms with Crippen molar-refractivity contribution in [3.63, 3.8) is 0 Å². The van der Waals surface area contributed by atoms with Gasteiger partial charge in [0.15, 0.2) is 18.1 Å². The molecule has 0 aliphatic rings. The van der Waals surface area contributed by atoms with E-state index in [2.05, 4.69) is 52.0 Å². The van der Waals surface area contributed by atoms with Gasteiger partial charge in [-0.3, -0.25) is 9.89 Å². The van der Waals surface area contributed by atoms with Crippen LogP contribution in [0.3, 0.4) is 0 Å². The molecule has 224 valence electrons. The third-order valence-electron chi connectivity index (χ3n) is 7.75. The van der Waals surface area contributed by atoms with Crippen molar-refractivity contribution < 1.29 is 14.3 Å². The Kier molecular flexibility index (Phi) is 8.33. The largest absolute Gasteiger partial charge is 0.482 e. The van der Waals surface area contributed by atoms with Gasteiger partial charge in [-0.05, 0) is 51.5 Å². The first kappa shape index (κ1) is 30.9. The molecule has 3 amide bonds. The van der Waals surface area contributed by atoms with Crippen LogP contribution in [-0.2, 0) is 15.6 Å². The number of carbonyl (C=O) groups is 2. The number of fused-ring (bicyclic) bond motifs is 1. The number of H-pyrrole nitrogens is 1. The lowest BCUT2D eigenvalue weighted by molar-refractivity contribution is -0.125. The molecular formula is C31H40ClN7O3. The van der Waals surface area contributed by atoms with Crippen LogP contribution in [0.25, 0.3) is 5.65 Å². The van der Waals surface area contributed by atoms with Gasteiger partial charge in [-0.25, -0.2) is 9.31 Å². The number of aryl methyl sites for hydroxylation is 2. The first-order valence-electron chi connectivity index (χ1n) is 13.8. The van der Waals surface area contributed by atoms with Crippen LogP contribution in [0.15, 0.2) is 42.5 Å². The summed E-state index contributed by atoms with van der Waals surface area (Å²) in [5.74, 6) is 0.671. The molecule has 0 unspecified atom stereocenters. The fourth-order valence-electron chi connectivity index (χ4n) is 4.60. The highest BCUT2D eigenvalue weighted by molar-refractivity contribution is 6.34. The number of hydrogen-bond donors (Lipinski definition) is 4. The van der Waals surface area contributed by atoms with Gasteiger partial charge in [0, 0.05) is 22.1 Å². The number of urea groups is 1. The first-order valence-corrected chi connectivity index (χ1v) is 14.2. The highest BCUT2D eigenvalue weighted by Gasteiger charge is 2.44. The second-order valence-electron chi connectivity index (χ2n) is 12.7. The molecule has 4 N–H and O–H groups in total. The lowest BCUT2D eigenvalue weighted by Gasteiger charge is -2.40. The summed E-state index contributed by atoms with van der Waals surface area (Å²) >= 11 is 6.63. The van der Waals surface area contributed by atoms with E-state index >= 15 is 0 Å². The van der Waals surface area contributed by atoms with Crippen molar-refractivity contribution in [1.29, 1.82) is 0 Å². The molecule has 11 heteroatoms. The number of nitrogens with one attached hydrogen (secondary N) is 4. The molecule has 0 saturated heterocycles. The number of aromatic nitrogens is 4. The highest BCUT2D eigenvalue weighted by Crippen LogP contribution is 2.37. The molecule has 0 aliphatic carbocycles. The zero-order valence-electron chi connectivity index (χ0n) is 25.7. The minimum Gasteiger partial charge on any atom is -0.482 e. The average Bonchev–Trinajstić information content (AvgIpc) is 3.45. The SMILES string of the molecule is Cc1ccc(NC(=O)Nc2ccccc2OCC(=O)NC(C)(C)C(C)(C)c2nnc3c(Cl)c(C(C)(C)C)[nH]n23)c(C)c1. The molecule has 0 atom stereocenters. The molecule has 0 fully saturated rings. The predicted octanol–water partition coefficient (Wildman–Crippen LogP) is 6.52. The van der Waals surface area contributed by atoms with Crippen molar-refractivity contribution in [1.82, 2.24) is 25.1 Å². The fraction of sp³-hybridized carbons (Fsp3) is 0.419. The fourth-order valence-corrected chi connectivity index (χ4v) is 5.04. The molecule has 2 aromatic heterocycles. The minimum atomic E-state index is -0.764. The zero-order chi connectivity index (χ0) is 31.0. The van der Waals surface area contributed by atoms with Crippen LogP contribution in [0.1, 0.15) is 71.1 Å². The van der Waals surface area contributed by atoms with Crippen LogP contribution in [0, 0.1) is 13.8 Å². The molecule has 2 aromatic carbocycles. The summed E-state index contributed by atoms with van der Waals surface area (Å²) in [5.41, 5.74) is 2.97. The summed E-state index contributed by atoms with van der Waals surface area (Å²) in [7, 11) is 0. The van der Waals surface area contributed by atoms with Crippen LogP contribution in [0.2, 0.25) is 5.02 Å². The smallest absolute Gasteiger partial charge is 0.323 e. The second kappa shape index (κ2) is 11.3. The maximum Gasteiger partial charge on any atom is 0.323 e. The van der Waals surface area contributed by atoms with Crippen molar-refractivity contribution in [2.45, 2.75) is 78.7 Å². The number of aromatic amines is 1. The standard InChI is InChI=1S/C31H40ClN7O3/c1-18-14-15-20(19(2)16-18)33-28(41)34-21-12-10-11-13-22(21)42-17-23(40)35-31(8,9)30(6,7)27-37-36-26-24(32)25(29(3,4)5)38-39(26)27/h10-16,38H,17H2,1-9H3,(H,35,40)(H2,33,34,41). The van der Waals surface area contributed by atoms with Crippen LogP contribution < -0.4 is 20.7 Å². The van der Waals surface area contributed by atoms with Crippen molar-refractivity contribution in [2.24, 2.45) is 0 Å². The van der Waals surface area contributed by atoms with Gasteiger partial charge in [0.05, 0.1) is 11.4 Å². The zero-order valence-corrected chi connectivity index (χ0v) is 26.4. The first-order chi connectivity index (χ1) is 19.5. The molecule has 42 heavy (non-hydrogen) atoms. The molecule has 10 nitrogen and oxygen atoms in total.